The van der Waals surface area contributed by atoms with Gasteiger partial charge < -0.3 is 5.32 Å². The van der Waals surface area contributed by atoms with Crippen molar-refractivity contribution in [1.82, 2.24) is 9.71 Å². The zero-order chi connectivity index (χ0) is 15.7. The molecule has 0 radical (unpaired) electrons. The van der Waals surface area contributed by atoms with E-state index in [4.69, 9.17) is 0 Å². The summed E-state index contributed by atoms with van der Waals surface area (Å²) in [5.74, 6) is -0.194. The minimum Gasteiger partial charge on any atom is -0.305 e. The molecule has 0 saturated carbocycles. The van der Waals surface area contributed by atoms with Gasteiger partial charge in [-0.15, -0.1) is 0 Å². The zero-order valence-corrected chi connectivity index (χ0v) is 12.5. The van der Waals surface area contributed by atoms with E-state index in [1.54, 1.807) is 43.3 Å². The molecule has 0 aliphatic carbocycles. The number of nitrogens with one attached hydrogen (secondary N) is 2. The summed E-state index contributed by atoms with van der Waals surface area (Å²) in [7, 11) is -3.75. The van der Waals surface area contributed by atoms with Crippen molar-refractivity contribution in [2.24, 2.45) is 0 Å². The van der Waals surface area contributed by atoms with Crippen LogP contribution in [-0.4, -0.2) is 19.3 Å². The van der Waals surface area contributed by atoms with E-state index in [0.29, 0.717) is 17.0 Å². The van der Waals surface area contributed by atoms with Crippen LogP contribution in [0, 0.1) is 0 Å². The molecule has 1 amide bonds. The van der Waals surface area contributed by atoms with Crippen LogP contribution in [0.15, 0.2) is 59.3 Å². The smallest absolute Gasteiger partial charge is 0.274 e. The Balaban J connectivity index is 2.02. The Morgan fingerprint density at radius 2 is 1.86 bits per heavy atom. The summed E-state index contributed by atoms with van der Waals surface area (Å²) in [6.07, 6.45) is 1.54. The van der Waals surface area contributed by atoms with E-state index in [2.05, 4.69) is 15.0 Å². The molecule has 112 valence electrons. The second kappa shape index (κ2) is 5.27. The second-order valence-corrected chi connectivity index (χ2v) is 6.42. The average molecular weight is 315 g/mol. The fourth-order valence-electron chi connectivity index (χ4n) is 2.24. The number of carbonyl (C=O) groups is 1. The van der Waals surface area contributed by atoms with Gasteiger partial charge in [0.2, 0.25) is 0 Å². The van der Waals surface area contributed by atoms with Crippen molar-refractivity contribution in [3.05, 3.63) is 59.9 Å². The average Bonchev–Trinajstić information content (AvgIpc) is 2.52. The number of fused-ring (bicyclic) bond motifs is 1. The van der Waals surface area contributed by atoms with Gasteiger partial charge >= 0.3 is 0 Å². The molecule has 22 heavy (non-hydrogen) atoms. The van der Waals surface area contributed by atoms with E-state index in [-0.39, 0.29) is 10.6 Å². The fourth-order valence-corrected chi connectivity index (χ4v) is 3.64. The molecule has 6 nitrogen and oxygen atoms in total. The standard InChI is InChI=1S/C15H13N3O3S/c1-10-11-6-2-3-7-12(11)22(20,21)18-14(10)15(19)17-13-8-4-5-9-16-13/h2-9,18H,1H3,(H,16,17,19). The molecule has 2 heterocycles. The Kier molecular flexibility index (Phi) is 3.42. The molecule has 0 saturated heterocycles. The molecular formula is C15H13N3O3S. The van der Waals surface area contributed by atoms with Crippen molar-refractivity contribution >= 4 is 27.3 Å². The maximum absolute atomic E-state index is 12.3. The molecule has 0 fully saturated rings. The molecule has 0 spiro atoms. The van der Waals surface area contributed by atoms with Gasteiger partial charge in [0, 0.05) is 11.8 Å². The minimum atomic E-state index is -3.75. The number of aromatic nitrogens is 1. The Morgan fingerprint density at radius 1 is 1.14 bits per heavy atom. The highest BCUT2D eigenvalue weighted by Crippen LogP contribution is 2.30. The van der Waals surface area contributed by atoms with Gasteiger partial charge in [0.05, 0.1) is 4.90 Å². The number of anilines is 1. The summed E-state index contributed by atoms with van der Waals surface area (Å²) in [5.41, 5.74) is 1.09. The van der Waals surface area contributed by atoms with E-state index in [0.717, 1.165) is 0 Å². The first kappa shape index (κ1) is 14.3. The van der Waals surface area contributed by atoms with Gasteiger partial charge in [0.1, 0.15) is 11.5 Å². The molecule has 7 heteroatoms. The van der Waals surface area contributed by atoms with Gasteiger partial charge in [0.25, 0.3) is 15.9 Å². The van der Waals surface area contributed by atoms with Crippen LogP contribution in [0.4, 0.5) is 5.82 Å². The lowest BCUT2D eigenvalue weighted by Crippen LogP contribution is -2.35. The number of rotatable bonds is 2. The molecule has 2 N–H and O–H groups in total. The third-order valence-electron chi connectivity index (χ3n) is 3.33. The number of allylic oxidation sites excluding steroid dienone is 1. The lowest BCUT2D eigenvalue weighted by molar-refractivity contribution is -0.113. The Hall–Kier alpha value is -2.67. The molecule has 0 bridgehead atoms. The predicted octanol–water partition coefficient (Wildman–Crippen LogP) is 1.74. The lowest BCUT2D eigenvalue weighted by atomic mass is 10.0. The monoisotopic (exact) mass is 315 g/mol. The Labute approximate surface area is 127 Å². The number of benzene rings is 1. The Bertz CT molecular complexity index is 874. The number of nitrogens with zero attached hydrogens (tertiary/aromatic N) is 1. The first-order chi connectivity index (χ1) is 10.5. The summed E-state index contributed by atoms with van der Waals surface area (Å²) in [5, 5.41) is 2.58. The lowest BCUT2D eigenvalue weighted by Gasteiger charge is -2.22. The van der Waals surface area contributed by atoms with Gasteiger partial charge in [-0.25, -0.2) is 13.4 Å². The van der Waals surface area contributed by atoms with Crippen LogP contribution in [0.1, 0.15) is 12.5 Å². The molecule has 1 aliphatic heterocycles. The number of pyridine rings is 1. The van der Waals surface area contributed by atoms with Crippen molar-refractivity contribution < 1.29 is 13.2 Å². The van der Waals surface area contributed by atoms with E-state index >= 15 is 0 Å². The van der Waals surface area contributed by atoms with Crippen molar-refractivity contribution in [3.8, 4) is 0 Å². The van der Waals surface area contributed by atoms with Crippen LogP contribution in [0.5, 0.6) is 0 Å². The van der Waals surface area contributed by atoms with Gasteiger partial charge in [-0.05, 0) is 30.7 Å². The molecule has 1 aromatic carbocycles. The fraction of sp³-hybridized carbons (Fsp3) is 0.0667. The van der Waals surface area contributed by atoms with E-state index < -0.39 is 15.9 Å². The quantitative estimate of drug-likeness (QED) is 0.883. The van der Waals surface area contributed by atoms with Crippen LogP contribution in [-0.2, 0) is 14.8 Å². The van der Waals surface area contributed by atoms with Crippen molar-refractivity contribution in [2.75, 3.05) is 5.32 Å². The normalized spacial score (nSPS) is 15.7. The van der Waals surface area contributed by atoms with Crippen LogP contribution >= 0.6 is 0 Å². The van der Waals surface area contributed by atoms with Crippen molar-refractivity contribution in [3.63, 3.8) is 0 Å². The highest BCUT2D eigenvalue weighted by atomic mass is 32.2. The number of carbonyl (C=O) groups excluding carboxylic acids is 1. The third kappa shape index (κ3) is 2.46. The van der Waals surface area contributed by atoms with Gasteiger partial charge in [0.15, 0.2) is 0 Å². The third-order valence-corrected chi connectivity index (χ3v) is 4.73. The molecule has 1 aromatic heterocycles. The van der Waals surface area contributed by atoms with Crippen LogP contribution in [0.25, 0.3) is 5.57 Å². The number of sulfonamides is 1. The van der Waals surface area contributed by atoms with Gasteiger partial charge in [-0.2, -0.15) is 0 Å². The topological polar surface area (TPSA) is 88.2 Å². The van der Waals surface area contributed by atoms with E-state index in [1.165, 1.54) is 12.3 Å². The van der Waals surface area contributed by atoms with Gasteiger partial charge in [-0.3, -0.25) is 9.52 Å². The molecule has 3 rings (SSSR count). The van der Waals surface area contributed by atoms with E-state index in [1.807, 2.05) is 0 Å². The SMILES string of the molecule is CC1=C(C(=O)Nc2ccccn2)NS(=O)(=O)c2ccccc21. The zero-order valence-electron chi connectivity index (χ0n) is 11.7. The number of amides is 1. The first-order valence-electron chi connectivity index (χ1n) is 6.54. The molecule has 2 aromatic rings. The first-order valence-corrected chi connectivity index (χ1v) is 8.03. The number of hydrogen-bond acceptors (Lipinski definition) is 4. The molecular weight excluding hydrogens is 302 g/mol. The van der Waals surface area contributed by atoms with Crippen LogP contribution < -0.4 is 10.0 Å². The highest BCUT2D eigenvalue weighted by molar-refractivity contribution is 7.89. The van der Waals surface area contributed by atoms with Crippen LogP contribution in [0.3, 0.4) is 0 Å². The summed E-state index contributed by atoms with van der Waals surface area (Å²) in [6, 6.07) is 11.6. The maximum Gasteiger partial charge on any atom is 0.274 e. The van der Waals surface area contributed by atoms with Gasteiger partial charge in [-0.1, -0.05) is 24.3 Å². The summed E-state index contributed by atoms with van der Waals surface area (Å²) < 4.78 is 26.8. The predicted molar refractivity (Wildman–Crippen MR) is 82.2 cm³/mol. The largest absolute Gasteiger partial charge is 0.305 e. The second-order valence-electron chi connectivity index (χ2n) is 4.77. The molecule has 0 atom stereocenters. The van der Waals surface area contributed by atoms with Crippen LogP contribution in [0.2, 0.25) is 0 Å². The highest BCUT2D eigenvalue weighted by Gasteiger charge is 2.30. The van der Waals surface area contributed by atoms with Crippen molar-refractivity contribution in [2.45, 2.75) is 11.8 Å². The van der Waals surface area contributed by atoms with E-state index in [9.17, 15) is 13.2 Å². The maximum atomic E-state index is 12.3. The minimum absolute atomic E-state index is 0.00403. The summed E-state index contributed by atoms with van der Waals surface area (Å²) in [4.78, 5) is 16.5. The van der Waals surface area contributed by atoms with Crippen molar-refractivity contribution in [1.29, 1.82) is 0 Å². The summed E-state index contributed by atoms with van der Waals surface area (Å²) >= 11 is 0. The molecule has 0 unspecified atom stereocenters. The Morgan fingerprint density at radius 3 is 2.59 bits per heavy atom. The molecule has 1 aliphatic rings. The number of hydrogen-bond donors (Lipinski definition) is 2. The summed E-state index contributed by atoms with van der Waals surface area (Å²) in [6.45, 7) is 1.70.